The number of ether oxygens (including phenoxy) is 3. The quantitative estimate of drug-likeness (QED) is 0.0347. The Balaban J connectivity index is 4.07. The van der Waals surface area contributed by atoms with Gasteiger partial charge in [-0.1, -0.05) is 234 Å². The maximum atomic E-state index is 12.6. The Bertz CT molecular complexity index is 856. The monoisotopic (exact) mass is 793 g/mol. The lowest BCUT2D eigenvalue weighted by Crippen LogP contribution is -2.30. The van der Waals surface area contributed by atoms with E-state index in [1.165, 1.54) is 154 Å². The average molecular weight is 793 g/mol. The molecule has 6 heteroatoms. The fourth-order valence-corrected chi connectivity index (χ4v) is 7.43. The summed E-state index contributed by atoms with van der Waals surface area (Å²) < 4.78 is 16.7. The van der Waals surface area contributed by atoms with Crippen molar-refractivity contribution in [2.24, 2.45) is 11.8 Å². The molecule has 2 atom stereocenters. The number of carbonyl (C=O) groups is 3. The van der Waals surface area contributed by atoms with E-state index in [2.05, 4.69) is 34.6 Å². The van der Waals surface area contributed by atoms with E-state index < -0.39 is 6.10 Å². The lowest BCUT2D eigenvalue weighted by Gasteiger charge is -2.18. The van der Waals surface area contributed by atoms with Gasteiger partial charge in [-0.25, -0.2) is 0 Å². The Hall–Kier alpha value is -1.59. The number of rotatable bonds is 44. The highest BCUT2D eigenvalue weighted by molar-refractivity contribution is 5.71. The van der Waals surface area contributed by atoms with Gasteiger partial charge in [-0.05, 0) is 31.1 Å². The normalized spacial score (nSPS) is 12.5. The van der Waals surface area contributed by atoms with E-state index in [0.717, 1.165) is 76.0 Å². The van der Waals surface area contributed by atoms with Crippen LogP contribution in [0.2, 0.25) is 0 Å². The van der Waals surface area contributed by atoms with Crippen molar-refractivity contribution in [3.05, 3.63) is 0 Å². The topological polar surface area (TPSA) is 78.9 Å². The first kappa shape index (κ1) is 54.4. The molecule has 0 rings (SSSR count). The molecule has 332 valence electrons. The smallest absolute Gasteiger partial charge is 0.306 e. The third kappa shape index (κ3) is 42.0. The second kappa shape index (κ2) is 43.0. The van der Waals surface area contributed by atoms with Gasteiger partial charge in [0, 0.05) is 19.3 Å². The lowest BCUT2D eigenvalue weighted by atomic mass is 9.99. The molecule has 56 heavy (non-hydrogen) atoms. The minimum atomic E-state index is -0.759. The Kier molecular flexibility index (Phi) is 41.8. The van der Waals surface area contributed by atoms with E-state index >= 15 is 0 Å². The number of esters is 3. The van der Waals surface area contributed by atoms with Crippen molar-refractivity contribution in [1.29, 1.82) is 0 Å². The van der Waals surface area contributed by atoms with Gasteiger partial charge in [0.25, 0.3) is 0 Å². The first-order valence-electron chi connectivity index (χ1n) is 24.8. The molecule has 0 bridgehead atoms. The van der Waals surface area contributed by atoms with Crippen LogP contribution in [-0.2, 0) is 28.6 Å². The fourth-order valence-electron chi connectivity index (χ4n) is 7.43. The van der Waals surface area contributed by atoms with Crippen LogP contribution in [-0.4, -0.2) is 37.2 Å². The Morgan fingerprint density at radius 1 is 0.375 bits per heavy atom. The van der Waals surface area contributed by atoms with Crippen molar-refractivity contribution in [3.63, 3.8) is 0 Å². The molecule has 0 radical (unpaired) electrons. The van der Waals surface area contributed by atoms with Crippen molar-refractivity contribution >= 4 is 17.9 Å². The van der Waals surface area contributed by atoms with E-state index in [4.69, 9.17) is 14.2 Å². The maximum absolute atomic E-state index is 12.6. The van der Waals surface area contributed by atoms with E-state index in [0.29, 0.717) is 19.3 Å². The summed E-state index contributed by atoms with van der Waals surface area (Å²) in [6.07, 6.45) is 42.6. The molecule has 0 aromatic rings. The Morgan fingerprint density at radius 3 is 1.02 bits per heavy atom. The van der Waals surface area contributed by atoms with Gasteiger partial charge in [0.15, 0.2) is 6.10 Å². The third-order valence-electron chi connectivity index (χ3n) is 11.6. The Morgan fingerprint density at radius 2 is 0.679 bits per heavy atom. The third-order valence-corrected chi connectivity index (χ3v) is 11.6. The second-order valence-electron chi connectivity index (χ2n) is 17.8. The van der Waals surface area contributed by atoms with Gasteiger partial charge in [0.1, 0.15) is 13.2 Å². The summed E-state index contributed by atoms with van der Waals surface area (Å²) in [6.45, 7) is 11.3. The van der Waals surface area contributed by atoms with Gasteiger partial charge >= 0.3 is 17.9 Å². The molecule has 0 amide bonds. The first-order chi connectivity index (χ1) is 27.3. The van der Waals surface area contributed by atoms with Gasteiger partial charge in [0.05, 0.1) is 0 Å². The predicted molar refractivity (Wildman–Crippen MR) is 238 cm³/mol. The number of carbonyl (C=O) groups excluding carboxylic acids is 3. The van der Waals surface area contributed by atoms with Crippen LogP contribution in [0.15, 0.2) is 0 Å². The molecule has 0 saturated carbocycles. The molecular formula is C50H96O6. The van der Waals surface area contributed by atoms with Crippen LogP contribution in [0.5, 0.6) is 0 Å². The highest BCUT2D eigenvalue weighted by Gasteiger charge is 2.19. The molecule has 0 fully saturated rings. The van der Waals surface area contributed by atoms with Crippen LogP contribution in [0.25, 0.3) is 0 Å². The molecule has 0 saturated heterocycles. The van der Waals surface area contributed by atoms with Crippen LogP contribution in [0.1, 0.15) is 272 Å². The zero-order valence-corrected chi connectivity index (χ0v) is 38.3. The van der Waals surface area contributed by atoms with Crippen molar-refractivity contribution in [2.75, 3.05) is 13.2 Å². The van der Waals surface area contributed by atoms with E-state index in [1.807, 2.05) is 0 Å². The maximum Gasteiger partial charge on any atom is 0.306 e. The summed E-state index contributed by atoms with van der Waals surface area (Å²) in [4.78, 5) is 37.6. The van der Waals surface area contributed by atoms with Crippen molar-refractivity contribution in [1.82, 2.24) is 0 Å². The van der Waals surface area contributed by atoms with Gasteiger partial charge in [0.2, 0.25) is 0 Å². The van der Waals surface area contributed by atoms with E-state index in [1.54, 1.807) is 0 Å². The van der Waals surface area contributed by atoms with Gasteiger partial charge < -0.3 is 14.2 Å². The van der Waals surface area contributed by atoms with Crippen molar-refractivity contribution in [3.8, 4) is 0 Å². The Labute approximate surface area is 348 Å². The van der Waals surface area contributed by atoms with Gasteiger partial charge in [-0.3, -0.25) is 14.4 Å². The summed E-state index contributed by atoms with van der Waals surface area (Å²) in [5, 5.41) is 0. The minimum Gasteiger partial charge on any atom is -0.462 e. The zero-order valence-electron chi connectivity index (χ0n) is 38.3. The van der Waals surface area contributed by atoms with Crippen LogP contribution < -0.4 is 0 Å². The van der Waals surface area contributed by atoms with E-state index in [-0.39, 0.29) is 31.1 Å². The molecule has 0 spiro atoms. The van der Waals surface area contributed by atoms with E-state index in [9.17, 15) is 14.4 Å². The number of hydrogen-bond acceptors (Lipinski definition) is 6. The SMILES string of the molecule is CCCCCCCC(=O)O[C@@H](COC(=O)CCCCCCCCCCCCCCCCCCC(C)C)COC(=O)CCCCCCCCCCCCC(C)CC. The standard InChI is InChI=1S/C50H96O6/c1-6-8-9-28-37-42-50(53)56-47(44-55-49(52)41-36-32-27-23-19-18-21-25-30-34-39-46(5)7-2)43-54-48(51)40-35-31-26-22-17-15-13-11-10-12-14-16-20-24-29-33-38-45(3)4/h45-47H,6-44H2,1-5H3/t46?,47-/m0/s1. The summed E-state index contributed by atoms with van der Waals surface area (Å²) >= 11 is 0. The van der Waals surface area contributed by atoms with Crippen LogP contribution in [0, 0.1) is 11.8 Å². The van der Waals surface area contributed by atoms with Crippen LogP contribution in [0.4, 0.5) is 0 Å². The molecule has 0 heterocycles. The minimum absolute atomic E-state index is 0.0655. The van der Waals surface area contributed by atoms with Crippen LogP contribution >= 0.6 is 0 Å². The first-order valence-corrected chi connectivity index (χ1v) is 24.8. The highest BCUT2D eigenvalue weighted by Crippen LogP contribution is 2.18. The number of hydrogen-bond donors (Lipinski definition) is 0. The molecule has 6 nitrogen and oxygen atoms in total. The molecule has 0 aliphatic heterocycles. The molecule has 0 aliphatic rings. The molecule has 0 aliphatic carbocycles. The summed E-state index contributed by atoms with van der Waals surface area (Å²) in [6, 6.07) is 0. The molecule has 1 unspecified atom stereocenters. The average Bonchev–Trinajstić information content (AvgIpc) is 3.18. The van der Waals surface area contributed by atoms with Crippen molar-refractivity contribution < 1.29 is 28.6 Å². The summed E-state index contributed by atoms with van der Waals surface area (Å²) in [5.74, 6) is 0.856. The largest absolute Gasteiger partial charge is 0.462 e. The number of unbranched alkanes of at least 4 members (excludes halogenated alkanes) is 28. The van der Waals surface area contributed by atoms with Gasteiger partial charge in [-0.2, -0.15) is 0 Å². The molecular weight excluding hydrogens is 697 g/mol. The lowest BCUT2D eigenvalue weighted by molar-refractivity contribution is -0.167. The second-order valence-corrected chi connectivity index (χ2v) is 17.8. The van der Waals surface area contributed by atoms with Crippen LogP contribution in [0.3, 0.4) is 0 Å². The summed E-state index contributed by atoms with van der Waals surface area (Å²) in [7, 11) is 0. The zero-order chi connectivity index (χ0) is 41.2. The summed E-state index contributed by atoms with van der Waals surface area (Å²) in [5.41, 5.74) is 0. The fraction of sp³-hybridized carbons (Fsp3) is 0.940. The molecule has 0 N–H and O–H groups in total. The highest BCUT2D eigenvalue weighted by atomic mass is 16.6. The van der Waals surface area contributed by atoms with Gasteiger partial charge in [-0.15, -0.1) is 0 Å². The molecule has 0 aromatic heterocycles. The van der Waals surface area contributed by atoms with Crippen molar-refractivity contribution in [2.45, 2.75) is 278 Å². The molecule has 0 aromatic carbocycles. The predicted octanol–water partition coefficient (Wildman–Crippen LogP) is 15.8.